The van der Waals surface area contributed by atoms with Crippen molar-refractivity contribution in [3.63, 3.8) is 0 Å². The Morgan fingerprint density at radius 2 is 1.35 bits per heavy atom. The third kappa shape index (κ3) is 8.10. The van der Waals surface area contributed by atoms with Crippen LogP contribution >= 0.6 is 0 Å². The summed E-state index contributed by atoms with van der Waals surface area (Å²) in [5.74, 6) is 0.468. The minimum atomic E-state index is -1.72. The van der Waals surface area contributed by atoms with Gasteiger partial charge in [0.2, 0.25) is 0 Å². The summed E-state index contributed by atoms with van der Waals surface area (Å²) >= 11 is 0. The number of allylic oxidation sites excluding steroid dienone is 1. The number of aliphatic hydroxyl groups excluding tert-OH is 8. The van der Waals surface area contributed by atoms with E-state index in [0.717, 1.165) is 38.5 Å². The fourth-order valence-electron chi connectivity index (χ4n) is 13.9. The quantitative estimate of drug-likeness (QED) is 0.0761. The van der Waals surface area contributed by atoms with Gasteiger partial charge in [-0.2, -0.15) is 0 Å². The molecule has 9 N–H and O–H groups in total. The van der Waals surface area contributed by atoms with Gasteiger partial charge in [0, 0.05) is 5.41 Å². The lowest BCUT2D eigenvalue weighted by atomic mass is 9.35. The Morgan fingerprint density at radius 3 is 2.03 bits per heavy atom. The molecule has 7 rings (SSSR count). The van der Waals surface area contributed by atoms with Crippen molar-refractivity contribution in [1.82, 2.24) is 0 Å². The van der Waals surface area contributed by atoms with Gasteiger partial charge in [-0.15, -0.1) is 0 Å². The molecule has 3 saturated heterocycles. The van der Waals surface area contributed by atoms with Crippen LogP contribution in [0.3, 0.4) is 0 Å². The average Bonchev–Trinajstić information content (AvgIpc) is 3.60. The summed E-state index contributed by atoms with van der Waals surface area (Å²) in [4.78, 5) is 13.9. The van der Waals surface area contributed by atoms with Crippen LogP contribution in [-0.2, 0) is 33.2 Å². The third-order valence-electron chi connectivity index (χ3n) is 17.7. The van der Waals surface area contributed by atoms with Crippen molar-refractivity contribution in [3.05, 3.63) is 12.2 Å². The third-order valence-corrected chi connectivity index (χ3v) is 17.7. The van der Waals surface area contributed by atoms with Crippen molar-refractivity contribution in [1.29, 1.82) is 0 Å². The predicted octanol–water partition coefficient (Wildman–Crippen LogP) is 1.32. The topological polar surface area (TPSA) is 255 Å². The second-order valence-corrected chi connectivity index (χ2v) is 21.6. The first kappa shape index (κ1) is 48.7. The predicted molar refractivity (Wildman–Crippen MR) is 221 cm³/mol. The molecule has 22 unspecified atom stereocenters. The Morgan fingerprint density at radius 1 is 0.710 bits per heavy atom. The van der Waals surface area contributed by atoms with E-state index in [1.807, 2.05) is 6.08 Å². The van der Waals surface area contributed by atoms with Gasteiger partial charge in [0.25, 0.3) is 0 Å². The second-order valence-electron chi connectivity index (χ2n) is 21.6. The number of fused-ring (bicyclic) bond motifs is 5. The Bertz CT molecular complexity index is 1580. The molecule has 62 heavy (non-hydrogen) atoms. The Hall–Kier alpha value is -1.19. The molecule has 3 aliphatic heterocycles. The molecule has 0 aromatic carbocycles. The molecule has 356 valence electrons. The maximum Gasteiger partial charge on any atom is 0.187 e. The highest BCUT2D eigenvalue weighted by Gasteiger charge is 2.71. The van der Waals surface area contributed by atoms with Gasteiger partial charge in [0.1, 0.15) is 61.2 Å². The molecule has 3 heterocycles. The van der Waals surface area contributed by atoms with Gasteiger partial charge in [-0.05, 0) is 111 Å². The van der Waals surface area contributed by atoms with Gasteiger partial charge in [-0.25, -0.2) is 0 Å². The second kappa shape index (κ2) is 18.1. The number of aliphatic hydroxyl groups is 9. The summed E-state index contributed by atoms with van der Waals surface area (Å²) < 4.78 is 36.7. The number of hydrogen-bond donors (Lipinski definition) is 9. The number of aldehydes is 1. The molecule has 22 atom stereocenters. The highest BCUT2D eigenvalue weighted by Crippen LogP contribution is 2.75. The van der Waals surface area contributed by atoms with Crippen LogP contribution in [0.4, 0.5) is 0 Å². The molecular weight excluding hydrogens is 808 g/mol. The van der Waals surface area contributed by atoms with E-state index >= 15 is 0 Å². The van der Waals surface area contributed by atoms with E-state index in [9.17, 15) is 50.8 Å². The molecule has 4 aliphatic carbocycles. The van der Waals surface area contributed by atoms with Crippen molar-refractivity contribution >= 4 is 6.29 Å². The van der Waals surface area contributed by atoms with Gasteiger partial charge in [-0.1, -0.05) is 53.7 Å². The van der Waals surface area contributed by atoms with Crippen LogP contribution in [0.5, 0.6) is 0 Å². The van der Waals surface area contributed by atoms with E-state index < -0.39 is 102 Å². The lowest BCUT2D eigenvalue weighted by Crippen LogP contribution is -2.67. The van der Waals surface area contributed by atoms with Crippen molar-refractivity contribution in [2.75, 3.05) is 19.8 Å². The van der Waals surface area contributed by atoms with E-state index in [4.69, 9.17) is 28.4 Å². The Labute approximate surface area is 365 Å². The standard InChI is InChI=1S/C46H76O16/c1-23(2)9-8-15-46(56,22-48)26-12-16-43(6)25(26)10-11-30-44(43,7)17-13-29-42(4,5)31(14-18-45(29,30)21-47)60-41-38(62-40-36(55)34(53)32(51)24(3)59-40)37(28(50)20-58-41)61-39-35(54)33(52)27(49)19-57-39/h8-9,21,23-41,48-56H,10-20,22H2,1-7H3. The molecule has 0 spiro atoms. The Balaban J connectivity index is 1.13. The molecule has 0 aromatic rings. The van der Waals surface area contributed by atoms with Crippen LogP contribution in [-0.4, -0.2) is 164 Å². The highest BCUT2D eigenvalue weighted by atomic mass is 16.8. The minimum absolute atomic E-state index is 0.0594. The van der Waals surface area contributed by atoms with Crippen LogP contribution in [0.15, 0.2) is 12.2 Å². The van der Waals surface area contributed by atoms with E-state index in [1.54, 1.807) is 0 Å². The van der Waals surface area contributed by atoms with Crippen LogP contribution in [0, 0.1) is 51.2 Å². The first-order chi connectivity index (χ1) is 29.1. The maximum atomic E-state index is 13.9. The Kier molecular flexibility index (Phi) is 14.3. The van der Waals surface area contributed by atoms with Gasteiger partial charge in [-0.3, -0.25) is 0 Å². The molecule has 16 nitrogen and oxygen atoms in total. The molecule has 0 amide bonds. The van der Waals surface area contributed by atoms with Crippen molar-refractivity contribution in [2.24, 2.45) is 51.2 Å². The molecule has 7 aliphatic rings. The molecule has 7 fully saturated rings. The zero-order valence-corrected chi connectivity index (χ0v) is 37.6. The van der Waals surface area contributed by atoms with Crippen molar-refractivity contribution in [3.8, 4) is 0 Å². The summed E-state index contributed by atoms with van der Waals surface area (Å²) in [6, 6.07) is 0. The lowest BCUT2D eigenvalue weighted by molar-refractivity contribution is -0.383. The van der Waals surface area contributed by atoms with E-state index in [-0.39, 0.29) is 54.3 Å². The van der Waals surface area contributed by atoms with E-state index in [1.165, 1.54) is 13.2 Å². The number of hydrogen-bond acceptors (Lipinski definition) is 16. The molecule has 0 aromatic heterocycles. The normalized spacial score (nSPS) is 51.6. The first-order valence-electron chi connectivity index (χ1n) is 23.2. The monoisotopic (exact) mass is 885 g/mol. The summed E-state index contributed by atoms with van der Waals surface area (Å²) in [5.41, 5.74) is -2.84. The van der Waals surface area contributed by atoms with Crippen molar-refractivity contribution < 1.29 is 79.2 Å². The first-order valence-corrected chi connectivity index (χ1v) is 23.2. The highest BCUT2D eigenvalue weighted by molar-refractivity contribution is 5.62. The minimum Gasteiger partial charge on any atom is -0.393 e. The van der Waals surface area contributed by atoms with Gasteiger partial charge >= 0.3 is 0 Å². The number of rotatable bonds is 12. The summed E-state index contributed by atoms with van der Waals surface area (Å²) in [7, 11) is 0. The van der Waals surface area contributed by atoms with Gasteiger partial charge in [0.15, 0.2) is 18.9 Å². The smallest absolute Gasteiger partial charge is 0.187 e. The molecule has 4 saturated carbocycles. The molecular formula is C46H76O16. The summed E-state index contributed by atoms with van der Waals surface area (Å²) in [5, 5.41) is 97.2. The average molecular weight is 885 g/mol. The SMILES string of the molecule is CC(C)C=CCC(O)(CO)C1CCC2(C)C1CCC1C3(C=O)CCC(OC4OCC(O)C(OC5OCC(O)C(O)C5O)C4OC4OC(C)C(O)C(O)C4O)C(C)(C)C3CCC12C. The van der Waals surface area contributed by atoms with E-state index in [2.05, 4.69) is 47.6 Å². The van der Waals surface area contributed by atoms with Gasteiger partial charge in [0.05, 0.1) is 37.6 Å². The summed E-state index contributed by atoms with van der Waals surface area (Å²) in [6.45, 7) is 13.7. The van der Waals surface area contributed by atoms with Crippen LogP contribution in [0.25, 0.3) is 0 Å². The zero-order chi connectivity index (χ0) is 45.3. The maximum absolute atomic E-state index is 13.9. The fourth-order valence-corrected chi connectivity index (χ4v) is 13.9. The molecule has 0 radical (unpaired) electrons. The molecule has 0 bridgehead atoms. The number of carbonyl (C=O) groups excluding carboxylic acids is 1. The van der Waals surface area contributed by atoms with Crippen LogP contribution in [0.2, 0.25) is 0 Å². The lowest BCUT2D eigenvalue weighted by Gasteiger charge is -2.69. The largest absolute Gasteiger partial charge is 0.393 e. The van der Waals surface area contributed by atoms with Crippen LogP contribution < -0.4 is 0 Å². The van der Waals surface area contributed by atoms with Gasteiger partial charge < -0.3 is 79.2 Å². The van der Waals surface area contributed by atoms with E-state index in [0.29, 0.717) is 25.2 Å². The van der Waals surface area contributed by atoms with Crippen LogP contribution in [0.1, 0.15) is 106 Å². The zero-order valence-electron chi connectivity index (χ0n) is 37.6. The summed E-state index contributed by atoms with van der Waals surface area (Å²) in [6.07, 6.45) is -7.63. The van der Waals surface area contributed by atoms with Crippen molar-refractivity contribution in [2.45, 2.75) is 198 Å². The number of ether oxygens (including phenoxy) is 6. The molecule has 16 heteroatoms. The fraction of sp³-hybridized carbons (Fsp3) is 0.935. The number of carbonyl (C=O) groups is 1.